The molecule has 1 atom stereocenters. The maximum absolute atomic E-state index is 13.3. The molecule has 1 aromatic carbocycles. The topological polar surface area (TPSA) is 84.9 Å². The molecule has 0 saturated carbocycles. The number of piperazine rings is 1. The fraction of sp³-hybridized carbons (Fsp3) is 0.700. The predicted octanol–water partition coefficient (Wildman–Crippen LogP) is 5.91. The van der Waals surface area contributed by atoms with Crippen LogP contribution in [0, 0.1) is 5.92 Å². The number of hydrogen-bond acceptors (Lipinski definition) is 5. The van der Waals surface area contributed by atoms with Crippen molar-refractivity contribution in [1.29, 1.82) is 0 Å². The first-order chi connectivity index (χ1) is 17.9. The van der Waals surface area contributed by atoms with E-state index >= 15 is 0 Å². The van der Waals surface area contributed by atoms with Gasteiger partial charge in [0.15, 0.2) is 0 Å². The zero-order valence-corrected chi connectivity index (χ0v) is 23.3. The van der Waals surface area contributed by atoms with E-state index in [0.29, 0.717) is 43.5 Å². The molecule has 7 nitrogen and oxygen atoms in total. The molecule has 1 fully saturated rings. The van der Waals surface area contributed by atoms with Crippen LogP contribution in [0.3, 0.4) is 0 Å². The number of nitrogens with one attached hydrogen (secondary N) is 1. The van der Waals surface area contributed by atoms with Crippen molar-refractivity contribution in [2.24, 2.45) is 5.92 Å². The van der Waals surface area contributed by atoms with Gasteiger partial charge in [0.2, 0.25) is 5.91 Å². The van der Waals surface area contributed by atoms with Crippen LogP contribution in [0.5, 0.6) is 5.75 Å². The van der Waals surface area contributed by atoms with Crippen molar-refractivity contribution in [2.45, 2.75) is 104 Å². The van der Waals surface area contributed by atoms with Gasteiger partial charge in [-0.15, -0.1) is 0 Å². The summed E-state index contributed by atoms with van der Waals surface area (Å²) in [6.07, 6.45) is 12.9. The Morgan fingerprint density at radius 2 is 1.68 bits per heavy atom. The third kappa shape index (κ3) is 12.0. The van der Waals surface area contributed by atoms with Crippen LogP contribution in [0.25, 0.3) is 0 Å². The van der Waals surface area contributed by atoms with Crippen molar-refractivity contribution < 1.29 is 23.9 Å². The second kappa shape index (κ2) is 17.8. The van der Waals surface area contributed by atoms with E-state index in [9.17, 15) is 14.4 Å². The highest BCUT2D eigenvalue weighted by molar-refractivity contribution is 5.99. The summed E-state index contributed by atoms with van der Waals surface area (Å²) in [7, 11) is 0. The van der Waals surface area contributed by atoms with Crippen LogP contribution in [-0.2, 0) is 14.3 Å². The average Bonchev–Trinajstić information content (AvgIpc) is 2.88. The minimum atomic E-state index is -0.869. The quantitative estimate of drug-likeness (QED) is 0.194. The van der Waals surface area contributed by atoms with Crippen LogP contribution >= 0.6 is 0 Å². The monoisotopic (exact) mass is 516 g/mol. The first-order valence-electron chi connectivity index (χ1n) is 14.4. The molecule has 2 amide bonds. The van der Waals surface area contributed by atoms with Crippen LogP contribution < -0.4 is 10.1 Å². The fourth-order valence-corrected chi connectivity index (χ4v) is 4.45. The molecule has 0 aliphatic carbocycles. The lowest BCUT2D eigenvalue weighted by molar-refractivity contribution is -0.147. The summed E-state index contributed by atoms with van der Waals surface area (Å²) in [5.41, 5.74) is 0.445. The second-order valence-corrected chi connectivity index (χ2v) is 10.5. The fourth-order valence-electron chi connectivity index (χ4n) is 4.45. The third-order valence-corrected chi connectivity index (χ3v) is 6.76. The van der Waals surface area contributed by atoms with Crippen LogP contribution in [0.4, 0.5) is 0 Å². The number of amides is 2. The van der Waals surface area contributed by atoms with Gasteiger partial charge in [-0.25, -0.2) is 0 Å². The lowest BCUT2D eigenvalue weighted by Crippen LogP contribution is -2.57. The highest BCUT2D eigenvalue weighted by Crippen LogP contribution is 2.19. The Morgan fingerprint density at radius 1 is 1.00 bits per heavy atom. The van der Waals surface area contributed by atoms with Crippen LogP contribution in [0.1, 0.15) is 108 Å². The van der Waals surface area contributed by atoms with Crippen LogP contribution in [0.2, 0.25) is 0 Å². The Morgan fingerprint density at radius 3 is 2.35 bits per heavy atom. The Hall–Kier alpha value is -2.57. The Kier molecular flexibility index (Phi) is 14.8. The molecule has 1 aromatic rings. The lowest BCUT2D eigenvalue weighted by atomic mass is 10.1. The van der Waals surface area contributed by atoms with Gasteiger partial charge in [0.25, 0.3) is 5.91 Å². The van der Waals surface area contributed by atoms with E-state index in [-0.39, 0.29) is 18.2 Å². The molecule has 1 saturated heterocycles. The number of carbonyl (C=O) groups is 3. The molecule has 1 unspecified atom stereocenters. The lowest BCUT2D eigenvalue weighted by Gasteiger charge is -2.34. The van der Waals surface area contributed by atoms with Gasteiger partial charge in [-0.1, -0.05) is 84.6 Å². The molecule has 1 aliphatic heterocycles. The van der Waals surface area contributed by atoms with E-state index < -0.39 is 12.0 Å². The number of unbranched alkanes of at least 4 members (excludes halogenated alkanes) is 9. The SMILES string of the molecule is CCCCCCCCCCCCOC(=O)CC1C(=O)NCCN1C(=O)c1cccc(OCCC(C)C)c1. The molecule has 1 heterocycles. The number of ether oxygens (including phenoxy) is 2. The molecular formula is C30H48N2O5. The molecule has 0 bridgehead atoms. The number of hydrogen-bond donors (Lipinski definition) is 1. The van der Waals surface area contributed by atoms with Crippen molar-refractivity contribution in [3.8, 4) is 5.75 Å². The summed E-state index contributed by atoms with van der Waals surface area (Å²) in [6, 6.07) is 6.15. The Bertz CT molecular complexity index is 826. The summed E-state index contributed by atoms with van der Waals surface area (Å²) in [4.78, 5) is 39.8. The van der Waals surface area contributed by atoms with E-state index in [1.807, 2.05) is 6.07 Å². The molecule has 0 spiro atoms. The van der Waals surface area contributed by atoms with E-state index in [0.717, 1.165) is 25.7 Å². The van der Waals surface area contributed by atoms with Crippen molar-refractivity contribution in [3.63, 3.8) is 0 Å². The van der Waals surface area contributed by atoms with Gasteiger partial charge in [-0.3, -0.25) is 14.4 Å². The van der Waals surface area contributed by atoms with Gasteiger partial charge in [0, 0.05) is 18.7 Å². The number of esters is 1. The van der Waals surface area contributed by atoms with Gasteiger partial charge >= 0.3 is 5.97 Å². The standard InChI is InChI=1S/C30H48N2O5/c1-4-5-6-7-8-9-10-11-12-13-20-37-28(33)23-27-29(34)31-18-19-32(27)30(35)25-15-14-16-26(22-25)36-21-17-24(2)3/h14-16,22,24,27H,4-13,17-21,23H2,1-3H3,(H,31,34). The Balaban J connectivity index is 1.76. The van der Waals surface area contributed by atoms with Crippen molar-refractivity contribution in [3.05, 3.63) is 29.8 Å². The molecule has 1 N–H and O–H groups in total. The van der Waals surface area contributed by atoms with Crippen molar-refractivity contribution in [1.82, 2.24) is 10.2 Å². The molecule has 7 heteroatoms. The number of benzene rings is 1. The molecule has 37 heavy (non-hydrogen) atoms. The maximum atomic E-state index is 13.3. The summed E-state index contributed by atoms with van der Waals surface area (Å²) in [6.45, 7) is 8.14. The summed E-state index contributed by atoms with van der Waals surface area (Å²) in [5, 5.41) is 2.77. The highest BCUT2D eigenvalue weighted by atomic mass is 16.5. The zero-order chi connectivity index (χ0) is 26.9. The molecule has 0 aromatic heterocycles. The summed E-state index contributed by atoms with van der Waals surface area (Å²) >= 11 is 0. The van der Waals surface area contributed by atoms with Gasteiger partial charge < -0.3 is 19.7 Å². The molecule has 2 rings (SSSR count). The van der Waals surface area contributed by atoms with E-state index in [4.69, 9.17) is 9.47 Å². The van der Waals surface area contributed by atoms with E-state index in [1.165, 1.54) is 49.8 Å². The minimum absolute atomic E-state index is 0.139. The largest absolute Gasteiger partial charge is 0.494 e. The zero-order valence-electron chi connectivity index (χ0n) is 23.3. The number of nitrogens with zero attached hydrogens (tertiary/aromatic N) is 1. The van der Waals surface area contributed by atoms with E-state index in [2.05, 4.69) is 26.1 Å². The number of rotatable bonds is 18. The molecule has 1 aliphatic rings. The Labute approximate surface area is 223 Å². The van der Waals surface area contributed by atoms with Crippen molar-refractivity contribution in [2.75, 3.05) is 26.3 Å². The van der Waals surface area contributed by atoms with Gasteiger partial charge in [0.1, 0.15) is 11.8 Å². The van der Waals surface area contributed by atoms with Crippen LogP contribution in [-0.4, -0.2) is 55.0 Å². The second-order valence-electron chi connectivity index (χ2n) is 10.5. The minimum Gasteiger partial charge on any atom is -0.494 e. The van der Waals surface area contributed by atoms with Gasteiger partial charge in [-0.05, 0) is 37.0 Å². The average molecular weight is 517 g/mol. The maximum Gasteiger partial charge on any atom is 0.308 e. The van der Waals surface area contributed by atoms with Crippen molar-refractivity contribution >= 4 is 17.8 Å². The molecule has 0 radical (unpaired) electrons. The molecule has 208 valence electrons. The van der Waals surface area contributed by atoms with E-state index in [1.54, 1.807) is 18.2 Å². The molecular weight excluding hydrogens is 468 g/mol. The van der Waals surface area contributed by atoms with Gasteiger partial charge in [0.05, 0.1) is 19.6 Å². The smallest absolute Gasteiger partial charge is 0.308 e. The first-order valence-corrected chi connectivity index (χ1v) is 14.4. The first kappa shape index (κ1) is 30.7. The van der Waals surface area contributed by atoms with Crippen LogP contribution in [0.15, 0.2) is 24.3 Å². The summed E-state index contributed by atoms with van der Waals surface area (Å²) in [5.74, 6) is 0.112. The van der Waals surface area contributed by atoms with Gasteiger partial charge in [-0.2, -0.15) is 0 Å². The highest BCUT2D eigenvalue weighted by Gasteiger charge is 2.35. The normalized spacial score (nSPS) is 15.5. The summed E-state index contributed by atoms with van der Waals surface area (Å²) < 4.78 is 11.2. The predicted molar refractivity (Wildman–Crippen MR) is 147 cm³/mol. The third-order valence-electron chi connectivity index (χ3n) is 6.76. The number of carbonyl (C=O) groups excluding carboxylic acids is 3.